The van der Waals surface area contributed by atoms with Crippen molar-refractivity contribution in [1.29, 1.82) is 0 Å². The maximum atomic E-state index is 10.3. The van der Waals surface area contributed by atoms with E-state index in [1.54, 1.807) is 6.92 Å². The molecule has 0 amide bonds. The topological polar surface area (TPSA) is 26.3 Å². The summed E-state index contributed by atoms with van der Waals surface area (Å²) in [5.41, 5.74) is 0. The van der Waals surface area contributed by atoms with Crippen LogP contribution in [-0.4, -0.2) is 12.6 Å². The molecule has 0 spiro atoms. The molecule has 2 heteroatoms. The van der Waals surface area contributed by atoms with Gasteiger partial charge in [-0.1, -0.05) is 6.08 Å². The summed E-state index contributed by atoms with van der Waals surface area (Å²) in [5.74, 6) is -0.394. The van der Waals surface area contributed by atoms with Crippen molar-refractivity contribution in [3.05, 3.63) is 19.1 Å². The van der Waals surface area contributed by atoms with Crippen LogP contribution >= 0.6 is 0 Å². The van der Waals surface area contributed by atoms with Crippen LogP contribution in [0.25, 0.3) is 0 Å². The number of hydrogen-bond acceptors (Lipinski definition) is 2. The van der Waals surface area contributed by atoms with Crippen LogP contribution < -0.4 is 0 Å². The van der Waals surface area contributed by atoms with Crippen LogP contribution in [-0.2, 0) is 9.53 Å². The van der Waals surface area contributed by atoms with Gasteiger partial charge in [0.05, 0.1) is 6.61 Å². The van der Waals surface area contributed by atoms with Gasteiger partial charge in [-0.05, 0) is 13.8 Å². The van der Waals surface area contributed by atoms with Crippen molar-refractivity contribution in [1.82, 2.24) is 0 Å². The Morgan fingerprint density at radius 2 is 2.50 bits per heavy atom. The SMILES string of the molecule is [CH]/C=C/C(=O)OCC. The van der Waals surface area contributed by atoms with Crippen molar-refractivity contribution in [2.24, 2.45) is 0 Å². The fourth-order valence-corrected chi connectivity index (χ4v) is 0.269. The zero-order chi connectivity index (χ0) is 6.41. The Balaban J connectivity index is 3.33. The summed E-state index contributed by atoms with van der Waals surface area (Å²) in [7, 11) is 0. The zero-order valence-electron chi connectivity index (χ0n) is 4.76. The molecule has 0 fully saturated rings. The van der Waals surface area contributed by atoms with E-state index in [-0.39, 0.29) is 0 Å². The number of carbonyl (C=O) groups excluding carboxylic acids is 1. The van der Waals surface area contributed by atoms with Crippen molar-refractivity contribution in [2.75, 3.05) is 6.61 Å². The molecule has 0 aromatic heterocycles. The molecular formula is C6H8O2. The first-order valence-corrected chi connectivity index (χ1v) is 2.36. The van der Waals surface area contributed by atoms with Crippen LogP contribution in [0.4, 0.5) is 0 Å². The third kappa shape index (κ3) is 3.40. The van der Waals surface area contributed by atoms with Crippen LogP contribution in [0.2, 0.25) is 0 Å². The third-order valence-corrected chi connectivity index (χ3v) is 0.519. The molecule has 8 heavy (non-hydrogen) atoms. The van der Waals surface area contributed by atoms with Gasteiger partial charge in [0.1, 0.15) is 0 Å². The highest BCUT2D eigenvalue weighted by molar-refractivity contribution is 5.81. The minimum absolute atomic E-state index is 0.392. The summed E-state index contributed by atoms with van der Waals surface area (Å²) in [4.78, 5) is 10.3. The number of ether oxygens (including phenoxy) is 1. The van der Waals surface area contributed by atoms with E-state index in [0.29, 0.717) is 6.61 Å². The van der Waals surface area contributed by atoms with Gasteiger partial charge < -0.3 is 4.74 Å². The highest BCUT2D eigenvalue weighted by Crippen LogP contribution is 1.78. The molecule has 0 aromatic carbocycles. The minimum atomic E-state index is -0.394. The molecule has 0 atom stereocenters. The van der Waals surface area contributed by atoms with Crippen molar-refractivity contribution >= 4 is 5.97 Å². The molecule has 0 aliphatic heterocycles. The van der Waals surface area contributed by atoms with Crippen molar-refractivity contribution in [3.63, 3.8) is 0 Å². The lowest BCUT2D eigenvalue weighted by Gasteiger charge is -1.91. The minimum Gasteiger partial charge on any atom is -0.463 e. The number of allylic oxidation sites excluding steroid dienone is 1. The molecule has 0 aromatic rings. The molecule has 0 heterocycles. The van der Waals surface area contributed by atoms with E-state index in [1.165, 1.54) is 6.08 Å². The Hall–Kier alpha value is -0.790. The molecule has 0 N–H and O–H groups in total. The molecule has 2 radical (unpaired) electrons. The van der Waals surface area contributed by atoms with Crippen LogP contribution in [0.5, 0.6) is 0 Å². The first kappa shape index (κ1) is 7.21. The molecule has 0 aliphatic rings. The molecular weight excluding hydrogens is 104 g/mol. The zero-order valence-corrected chi connectivity index (χ0v) is 4.76. The van der Waals surface area contributed by atoms with Gasteiger partial charge in [0.25, 0.3) is 0 Å². The van der Waals surface area contributed by atoms with Crippen molar-refractivity contribution < 1.29 is 9.53 Å². The second-order valence-corrected chi connectivity index (χ2v) is 1.11. The van der Waals surface area contributed by atoms with Gasteiger partial charge in [0.2, 0.25) is 0 Å². The van der Waals surface area contributed by atoms with E-state index in [9.17, 15) is 4.79 Å². The summed E-state index contributed by atoms with van der Waals surface area (Å²) >= 11 is 0. The lowest BCUT2D eigenvalue weighted by Crippen LogP contribution is -1.98. The largest absolute Gasteiger partial charge is 0.463 e. The van der Waals surface area contributed by atoms with Crippen LogP contribution in [0, 0.1) is 6.92 Å². The van der Waals surface area contributed by atoms with E-state index in [0.717, 1.165) is 6.08 Å². The Kier molecular flexibility index (Phi) is 3.94. The average Bonchev–Trinajstić information content (AvgIpc) is 1.68. The quantitative estimate of drug-likeness (QED) is 0.390. The molecule has 0 saturated carbocycles. The summed E-state index contributed by atoms with van der Waals surface area (Å²) < 4.78 is 4.48. The molecule has 0 unspecified atom stereocenters. The van der Waals surface area contributed by atoms with Gasteiger partial charge in [-0.3, -0.25) is 0 Å². The van der Waals surface area contributed by atoms with E-state index in [4.69, 9.17) is 6.92 Å². The summed E-state index contributed by atoms with van der Waals surface area (Å²) in [6.07, 6.45) is 2.32. The molecule has 0 rings (SSSR count). The summed E-state index contributed by atoms with van der Waals surface area (Å²) in [6.45, 7) is 7.01. The Morgan fingerprint density at radius 3 is 2.88 bits per heavy atom. The Morgan fingerprint density at radius 1 is 1.88 bits per heavy atom. The number of hydrogen-bond donors (Lipinski definition) is 0. The number of rotatable bonds is 2. The smallest absolute Gasteiger partial charge is 0.330 e. The second kappa shape index (κ2) is 4.37. The third-order valence-electron chi connectivity index (χ3n) is 0.519. The standard InChI is InChI=1S/C6H8O2/c1-3-5-6(7)8-4-2/h1,3,5H,4H2,2H3/b5-3+. The fraction of sp³-hybridized carbons (Fsp3) is 0.333. The van der Waals surface area contributed by atoms with E-state index < -0.39 is 5.97 Å². The van der Waals surface area contributed by atoms with Crippen LogP contribution in [0.1, 0.15) is 6.92 Å². The molecule has 0 saturated heterocycles. The highest BCUT2D eigenvalue weighted by atomic mass is 16.5. The molecule has 0 bridgehead atoms. The number of esters is 1. The van der Waals surface area contributed by atoms with Crippen LogP contribution in [0.3, 0.4) is 0 Å². The van der Waals surface area contributed by atoms with Gasteiger partial charge >= 0.3 is 5.97 Å². The predicted molar refractivity (Wildman–Crippen MR) is 30.1 cm³/mol. The van der Waals surface area contributed by atoms with Crippen molar-refractivity contribution in [3.8, 4) is 0 Å². The first-order chi connectivity index (χ1) is 3.81. The van der Waals surface area contributed by atoms with Crippen LogP contribution in [0.15, 0.2) is 12.2 Å². The lowest BCUT2D eigenvalue weighted by atomic mass is 10.5. The molecule has 44 valence electrons. The lowest BCUT2D eigenvalue weighted by molar-refractivity contribution is -0.137. The predicted octanol–water partition coefficient (Wildman–Crippen LogP) is 0.817. The van der Waals surface area contributed by atoms with Crippen molar-refractivity contribution in [2.45, 2.75) is 6.92 Å². The van der Waals surface area contributed by atoms with E-state index in [2.05, 4.69) is 4.74 Å². The van der Waals surface area contributed by atoms with Gasteiger partial charge in [0.15, 0.2) is 0 Å². The van der Waals surface area contributed by atoms with E-state index >= 15 is 0 Å². The average molecular weight is 112 g/mol. The Labute approximate surface area is 49.1 Å². The maximum Gasteiger partial charge on any atom is 0.330 e. The van der Waals surface area contributed by atoms with E-state index in [1.807, 2.05) is 0 Å². The Bertz CT molecular complexity index is 94.7. The highest BCUT2D eigenvalue weighted by Gasteiger charge is 1.88. The maximum absolute atomic E-state index is 10.3. The monoisotopic (exact) mass is 112 g/mol. The van der Waals surface area contributed by atoms with Gasteiger partial charge in [-0.15, -0.1) is 0 Å². The summed E-state index contributed by atoms with van der Waals surface area (Å²) in [5, 5.41) is 0. The number of carbonyl (C=O) groups is 1. The van der Waals surface area contributed by atoms with Gasteiger partial charge in [0, 0.05) is 6.08 Å². The first-order valence-electron chi connectivity index (χ1n) is 2.36. The second-order valence-electron chi connectivity index (χ2n) is 1.11. The van der Waals surface area contributed by atoms with Gasteiger partial charge in [-0.25, -0.2) is 4.79 Å². The summed E-state index contributed by atoms with van der Waals surface area (Å²) in [6, 6.07) is 0. The van der Waals surface area contributed by atoms with Gasteiger partial charge in [-0.2, -0.15) is 0 Å². The molecule has 0 aliphatic carbocycles. The normalized spacial score (nSPS) is 9.75. The molecule has 2 nitrogen and oxygen atoms in total. The fourth-order valence-electron chi connectivity index (χ4n) is 0.269.